The molecule has 126 valence electrons. The second-order valence-corrected chi connectivity index (χ2v) is 8.77. The number of rotatable bonds is 1. The van der Waals surface area contributed by atoms with Crippen molar-refractivity contribution in [3.63, 3.8) is 0 Å². The minimum atomic E-state index is -0.0433. The Balaban J connectivity index is 1.66. The van der Waals surface area contributed by atoms with E-state index >= 15 is 0 Å². The van der Waals surface area contributed by atoms with Gasteiger partial charge in [-0.3, -0.25) is 9.59 Å². The third-order valence-electron chi connectivity index (χ3n) is 5.21. The van der Waals surface area contributed by atoms with Gasteiger partial charge in [0.15, 0.2) is 5.78 Å². The number of Topliss-reactive ketones (excluding diaryl/α,β-unsaturated/α-hetero) is 1. The molecule has 1 amide bonds. The lowest BCUT2D eigenvalue weighted by Gasteiger charge is -2.28. The molecule has 3 heterocycles. The number of carbonyl (C=O) groups excluding carboxylic acids is 2. The molecule has 1 aliphatic carbocycles. The maximum Gasteiger partial charge on any atom is 0.270 e. The number of fused-ring (bicyclic) bond motifs is 2. The Morgan fingerprint density at radius 1 is 1.33 bits per heavy atom. The second-order valence-electron chi connectivity index (χ2n) is 7.77. The van der Waals surface area contributed by atoms with Crippen LogP contribution in [0.4, 0.5) is 0 Å². The molecule has 0 bridgehead atoms. The summed E-state index contributed by atoms with van der Waals surface area (Å²) in [6.45, 7) is 7.52. The molecule has 1 N–H and O–H groups in total. The highest BCUT2D eigenvalue weighted by Crippen LogP contribution is 2.37. The predicted octanol–water partition coefficient (Wildman–Crippen LogP) is 3.74. The molecule has 0 unspecified atom stereocenters. The summed E-state index contributed by atoms with van der Waals surface area (Å²) in [5, 5.41) is 2.10. The van der Waals surface area contributed by atoms with Gasteiger partial charge < -0.3 is 9.88 Å². The van der Waals surface area contributed by atoms with Gasteiger partial charge in [-0.1, -0.05) is 13.8 Å². The minimum Gasteiger partial charge on any atom is -0.354 e. The number of nitrogens with zero attached hydrogens (tertiary/aromatic N) is 1. The zero-order valence-corrected chi connectivity index (χ0v) is 15.2. The minimum absolute atomic E-state index is 0.0179. The molecule has 1 aliphatic heterocycles. The Bertz CT molecular complexity index is 844. The molecule has 5 heteroatoms. The number of ketones is 1. The van der Waals surface area contributed by atoms with Crippen molar-refractivity contribution in [1.29, 1.82) is 0 Å². The zero-order valence-electron chi connectivity index (χ0n) is 14.4. The largest absolute Gasteiger partial charge is 0.354 e. The lowest BCUT2D eigenvalue weighted by atomic mass is 9.75. The molecule has 0 radical (unpaired) electrons. The molecule has 4 rings (SSSR count). The van der Waals surface area contributed by atoms with Gasteiger partial charge in [0.2, 0.25) is 0 Å². The molecule has 2 aliphatic rings. The quantitative estimate of drug-likeness (QED) is 0.858. The molecule has 0 saturated carbocycles. The predicted molar refractivity (Wildman–Crippen MR) is 94.7 cm³/mol. The highest BCUT2D eigenvalue weighted by molar-refractivity contribution is 7.10. The van der Waals surface area contributed by atoms with E-state index < -0.39 is 0 Å². The first-order chi connectivity index (χ1) is 11.4. The van der Waals surface area contributed by atoms with Crippen LogP contribution in [0.15, 0.2) is 11.4 Å². The average molecular weight is 342 g/mol. The molecular formula is C19H22N2O2S. The van der Waals surface area contributed by atoms with E-state index in [1.165, 1.54) is 10.4 Å². The summed E-state index contributed by atoms with van der Waals surface area (Å²) in [4.78, 5) is 32.1. The summed E-state index contributed by atoms with van der Waals surface area (Å²) in [6.07, 6.45) is 2.29. The van der Waals surface area contributed by atoms with Gasteiger partial charge in [0, 0.05) is 35.6 Å². The van der Waals surface area contributed by atoms with Crippen molar-refractivity contribution in [2.24, 2.45) is 5.41 Å². The van der Waals surface area contributed by atoms with Gasteiger partial charge in [-0.2, -0.15) is 0 Å². The van der Waals surface area contributed by atoms with Crippen molar-refractivity contribution in [1.82, 2.24) is 9.88 Å². The van der Waals surface area contributed by atoms with E-state index in [4.69, 9.17) is 0 Å². The number of H-pyrrole nitrogens is 1. The third-order valence-corrected chi connectivity index (χ3v) is 6.23. The summed E-state index contributed by atoms with van der Waals surface area (Å²) in [6, 6.07) is 2.11. The van der Waals surface area contributed by atoms with Crippen LogP contribution in [0.5, 0.6) is 0 Å². The van der Waals surface area contributed by atoms with Gasteiger partial charge in [-0.15, -0.1) is 11.3 Å². The zero-order chi connectivity index (χ0) is 17.1. The fourth-order valence-electron chi connectivity index (χ4n) is 4.03. The van der Waals surface area contributed by atoms with E-state index in [1.54, 1.807) is 11.3 Å². The SMILES string of the molecule is Cc1c(C(=O)N2CCc3sccc3C2)[nH]c2c1C(=O)CC(C)(C)C2. The van der Waals surface area contributed by atoms with Crippen molar-refractivity contribution in [2.75, 3.05) is 6.54 Å². The van der Waals surface area contributed by atoms with E-state index in [0.717, 1.165) is 36.2 Å². The Hall–Kier alpha value is -1.88. The van der Waals surface area contributed by atoms with Crippen LogP contribution in [0.1, 0.15) is 62.8 Å². The fourth-order valence-corrected chi connectivity index (χ4v) is 4.92. The van der Waals surface area contributed by atoms with Crippen molar-refractivity contribution in [2.45, 2.75) is 46.6 Å². The number of hydrogen-bond acceptors (Lipinski definition) is 3. The van der Waals surface area contributed by atoms with E-state index in [-0.39, 0.29) is 17.1 Å². The molecule has 2 aromatic rings. The Morgan fingerprint density at radius 2 is 2.12 bits per heavy atom. The maximum atomic E-state index is 13.0. The van der Waals surface area contributed by atoms with Crippen molar-refractivity contribution in [3.8, 4) is 0 Å². The summed E-state index contributed by atoms with van der Waals surface area (Å²) in [5.74, 6) is 0.178. The first kappa shape index (κ1) is 15.6. The number of nitrogens with one attached hydrogen (secondary N) is 1. The fraction of sp³-hybridized carbons (Fsp3) is 0.474. The molecule has 4 nitrogen and oxygen atoms in total. The number of carbonyl (C=O) groups is 2. The molecule has 2 aromatic heterocycles. The van der Waals surface area contributed by atoms with Crippen LogP contribution in [0.25, 0.3) is 0 Å². The van der Waals surface area contributed by atoms with Crippen LogP contribution in [0.3, 0.4) is 0 Å². The Morgan fingerprint density at radius 3 is 2.92 bits per heavy atom. The van der Waals surface area contributed by atoms with Crippen LogP contribution in [-0.2, 0) is 19.4 Å². The molecule has 0 saturated heterocycles. The van der Waals surface area contributed by atoms with Crippen LogP contribution < -0.4 is 0 Å². The molecule has 0 atom stereocenters. The maximum absolute atomic E-state index is 13.0. The molecule has 0 fully saturated rings. The number of hydrogen-bond donors (Lipinski definition) is 1. The highest BCUT2D eigenvalue weighted by atomic mass is 32.1. The van der Waals surface area contributed by atoms with Crippen LogP contribution >= 0.6 is 11.3 Å². The van der Waals surface area contributed by atoms with Crippen LogP contribution in [-0.4, -0.2) is 28.1 Å². The van der Waals surface area contributed by atoms with Crippen LogP contribution in [0.2, 0.25) is 0 Å². The number of thiophene rings is 1. The van der Waals surface area contributed by atoms with Crippen LogP contribution in [0, 0.1) is 12.3 Å². The summed E-state index contributed by atoms with van der Waals surface area (Å²) >= 11 is 1.77. The highest BCUT2D eigenvalue weighted by Gasteiger charge is 2.36. The van der Waals surface area contributed by atoms with Crippen molar-refractivity contribution < 1.29 is 9.59 Å². The van der Waals surface area contributed by atoms with E-state index in [9.17, 15) is 9.59 Å². The Labute approximate surface area is 145 Å². The van der Waals surface area contributed by atoms with E-state index in [1.807, 2.05) is 11.8 Å². The van der Waals surface area contributed by atoms with Gasteiger partial charge >= 0.3 is 0 Å². The topological polar surface area (TPSA) is 53.2 Å². The standard InChI is InChI=1S/C19H22N2O2S/c1-11-16-13(8-19(2,3)9-14(16)22)20-17(11)18(23)21-6-4-15-12(10-21)5-7-24-15/h5,7,20H,4,6,8-10H2,1-3H3. The van der Waals surface area contributed by atoms with Gasteiger partial charge in [0.25, 0.3) is 5.91 Å². The summed E-state index contributed by atoms with van der Waals surface area (Å²) in [5.41, 5.74) is 4.33. The summed E-state index contributed by atoms with van der Waals surface area (Å²) in [7, 11) is 0. The normalized spacial score (nSPS) is 19.1. The summed E-state index contributed by atoms with van der Waals surface area (Å²) < 4.78 is 0. The Kier molecular flexibility index (Phi) is 3.46. The first-order valence-corrected chi connectivity index (χ1v) is 9.33. The van der Waals surface area contributed by atoms with Gasteiger partial charge in [-0.05, 0) is 47.8 Å². The van der Waals surface area contributed by atoms with Gasteiger partial charge in [-0.25, -0.2) is 0 Å². The van der Waals surface area contributed by atoms with Crippen molar-refractivity contribution >= 4 is 23.0 Å². The molecular weight excluding hydrogens is 320 g/mol. The molecule has 0 spiro atoms. The van der Waals surface area contributed by atoms with Gasteiger partial charge in [0.05, 0.1) is 0 Å². The van der Waals surface area contributed by atoms with E-state index in [2.05, 4.69) is 30.3 Å². The smallest absolute Gasteiger partial charge is 0.270 e. The first-order valence-electron chi connectivity index (χ1n) is 8.45. The number of aromatic amines is 1. The molecule has 24 heavy (non-hydrogen) atoms. The lowest BCUT2D eigenvalue weighted by molar-refractivity contribution is 0.0729. The van der Waals surface area contributed by atoms with E-state index in [0.29, 0.717) is 18.7 Å². The molecule has 0 aromatic carbocycles. The number of amides is 1. The third kappa shape index (κ3) is 2.42. The number of aromatic nitrogens is 1. The van der Waals surface area contributed by atoms with Crippen molar-refractivity contribution in [3.05, 3.63) is 44.4 Å². The van der Waals surface area contributed by atoms with Gasteiger partial charge in [0.1, 0.15) is 5.69 Å². The lowest BCUT2D eigenvalue weighted by Crippen LogP contribution is -2.35. The monoisotopic (exact) mass is 342 g/mol. The second kappa shape index (κ2) is 5.31. The average Bonchev–Trinajstić information content (AvgIpc) is 3.09.